The van der Waals surface area contributed by atoms with E-state index in [0.29, 0.717) is 19.8 Å². The summed E-state index contributed by atoms with van der Waals surface area (Å²) < 4.78 is 10.6. The van der Waals surface area contributed by atoms with Crippen molar-refractivity contribution in [3.05, 3.63) is 0 Å². The molecule has 1 N–H and O–H groups in total. The first-order valence-corrected chi connectivity index (χ1v) is 7.48. The van der Waals surface area contributed by atoms with Crippen molar-refractivity contribution in [2.45, 2.75) is 31.8 Å². The molecule has 0 aromatic heterocycles. The molecule has 0 radical (unpaired) electrons. The Labute approximate surface area is 124 Å². The van der Waals surface area contributed by atoms with E-state index in [1.807, 2.05) is 6.92 Å². The van der Waals surface area contributed by atoms with Crippen LogP contribution in [0.3, 0.4) is 0 Å². The summed E-state index contributed by atoms with van der Waals surface area (Å²) in [6.07, 6.45) is 1.65. The number of carbonyl (C=O) groups is 2. The Balaban J connectivity index is 2.05. The molecule has 2 saturated heterocycles. The Morgan fingerprint density at radius 3 is 2.43 bits per heavy atom. The third-order valence-corrected chi connectivity index (χ3v) is 4.39. The van der Waals surface area contributed by atoms with Gasteiger partial charge in [-0.2, -0.15) is 0 Å². The number of carboxylic acids is 1. The maximum absolute atomic E-state index is 12.7. The number of carbonyl (C=O) groups excluding carboxylic acids is 1. The Kier molecular flexibility index (Phi) is 5.41. The fourth-order valence-electron chi connectivity index (χ4n) is 3.03. The van der Waals surface area contributed by atoms with E-state index < -0.39 is 11.9 Å². The average Bonchev–Trinajstić information content (AvgIpc) is 2.97. The van der Waals surface area contributed by atoms with Crippen LogP contribution in [0.15, 0.2) is 0 Å². The lowest BCUT2D eigenvalue weighted by Gasteiger charge is -2.37. The number of nitrogens with zero attached hydrogens (tertiary/aromatic N) is 2. The van der Waals surface area contributed by atoms with Crippen molar-refractivity contribution in [1.82, 2.24) is 9.80 Å². The van der Waals surface area contributed by atoms with Crippen LogP contribution < -0.4 is 0 Å². The molecule has 0 bridgehead atoms. The summed E-state index contributed by atoms with van der Waals surface area (Å²) in [5.74, 6) is -1.55. The molecule has 0 saturated carbocycles. The van der Waals surface area contributed by atoms with Crippen molar-refractivity contribution in [3.63, 3.8) is 0 Å². The van der Waals surface area contributed by atoms with Crippen molar-refractivity contribution in [2.75, 3.05) is 40.0 Å². The second-order valence-corrected chi connectivity index (χ2v) is 5.57. The topological polar surface area (TPSA) is 79.3 Å². The van der Waals surface area contributed by atoms with Gasteiger partial charge in [-0.3, -0.25) is 4.79 Å². The number of aliphatic carboxylic acids is 1. The third kappa shape index (κ3) is 3.47. The van der Waals surface area contributed by atoms with E-state index >= 15 is 0 Å². The van der Waals surface area contributed by atoms with Crippen LogP contribution in [-0.4, -0.2) is 79.0 Å². The number of amides is 2. The lowest BCUT2D eigenvalue weighted by atomic mass is 10.0. The van der Waals surface area contributed by atoms with Crippen molar-refractivity contribution >= 4 is 12.0 Å². The lowest BCUT2D eigenvalue weighted by molar-refractivity contribution is -0.142. The number of rotatable bonds is 4. The summed E-state index contributed by atoms with van der Waals surface area (Å²) in [5.41, 5.74) is 0. The normalized spacial score (nSPS) is 26.6. The van der Waals surface area contributed by atoms with Gasteiger partial charge in [0.05, 0.1) is 19.3 Å². The van der Waals surface area contributed by atoms with Crippen LogP contribution in [-0.2, 0) is 14.3 Å². The minimum atomic E-state index is -0.905. The van der Waals surface area contributed by atoms with Gasteiger partial charge >= 0.3 is 12.0 Å². The van der Waals surface area contributed by atoms with E-state index in [9.17, 15) is 14.7 Å². The molecule has 2 unspecified atom stereocenters. The van der Waals surface area contributed by atoms with E-state index in [1.165, 1.54) is 0 Å². The maximum Gasteiger partial charge on any atom is 0.320 e. The van der Waals surface area contributed by atoms with E-state index in [-0.39, 0.29) is 31.3 Å². The van der Waals surface area contributed by atoms with Crippen LogP contribution in [0.1, 0.15) is 19.8 Å². The molecule has 0 aromatic carbocycles. The lowest BCUT2D eigenvalue weighted by Crippen LogP contribution is -2.53. The van der Waals surface area contributed by atoms with E-state index in [1.54, 1.807) is 16.8 Å². The van der Waals surface area contributed by atoms with Gasteiger partial charge < -0.3 is 24.4 Å². The quantitative estimate of drug-likeness (QED) is 0.824. The number of carboxylic acid groups (broad SMARTS) is 1. The molecule has 120 valence electrons. The van der Waals surface area contributed by atoms with E-state index in [4.69, 9.17) is 9.47 Å². The molecular weight excluding hydrogens is 276 g/mol. The van der Waals surface area contributed by atoms with Crippen molar-refractivity contribution in [1.29, 1.82) is 0 Å². The smallest absolute Gasteiger partial charge is 0.320 e. The van der Waals surface area contributed by atoms with Gasteiger partial charge in [0, 0.05) is 32.8 Å². The second-order valence-electron chi connectivity index (χ2n) is 5.57. The van der Waals surface area contributed by atoms with Gasteiger partial charge in [-0.05, 0) is 19.8 Å². The Bertz CT molecular complexity index is 384. The van der Waals surface area contributed by atoms with Crippen molar-refractivity contribution in [3.8, 4) is 0 Å². The third-order valence-electron chi connectivity index (χ3n) is 4.39. The highest BCUT2D eigenvalue weighted by molar-refractivity contribution is 5.77. The van der Waals surface area contributed by atoms with Gasteiger partial charge in [-0.1, -0.05) is 0 Å². The van der Waals surface area contributed by atoms with Gasteiger partial charge in [-0.15, -0.1) is 0 Å². The molecule has 7 nitrogen and oxygen atoms in total. The Hall–Kier alpha value is -1.34. The highest BCUT2D eigenvalue weighted by atomic mass is 16.5. The average molecular weight is 300 g/mol. The van der Waals surface area contributed by atoms with Crippen LogP contribution in [0.25, 0.3) is 0 Å². The Morgan fingerprint density at radius 2 is 1.86 bits per heavy atom. The number of likely N-dealkylation sites (N-methyl/N-ethyl adjacent to an activating group) is 1. The molecule has 2 aliphatic rings. The van der Waals surface area contributed by atoms with Crippen molar-refractivity contribution in [2.24, 2.45) is 5.92 Å². The zero-order valence-electron chi connectivity index (χ0n) is 12.7. The number of hydrogen-bond acceptors (Lipinski definition) is 4. The summed E-state index contributed by atoms with van der Waals surface area (Å²) in [6, 6.07) is -0.348. The second kappa shape index (κ2) is 7.09. The van der Waals surface area contributed by atoms with Gasteiger partial charge in [-0.25, -0.2) is 4.79 Å². The molecule has 0 spiro atoms. The SMILES string of the molecule is CCN(C(=O)N(C)C1CCOCC1)C1COCC1C(=O)O. The minimum Gasteiger partial charge on any atom is -0.481 e. The molecule has 2 amide bonds. The summed E-state index contributed by atoms with van der Waals surface area (Å²) in [7, 11) is 1.78. The molecule has 2 fully saturated rings. The predicted octanol–water partition coefficient (Wildman–Crippen LogP) is 0.639. The molecular formula is C14H24N2O5. The molecule has 2 rings (SSSR count). The number of hydrogen-bond donors (Lipinski definition) is 1. The van der Waals surface area contributed by atoms with Crippen molar-refractivity contribution < 1.29 is 24.2 Å². The van der Waals surface area contributed by atoms with E-state index in [0.717, 1.165) is 12.8 Å². The zero-order chi connectivity index (χ0) is 15.4. The van der Waals surface area contributed by atoms with Crippen LogP contribution in [0, 0.1) is 5.92 Å². The van der Waals surface area contributed by atoms with Crippen LogP contribution in [0.2, 0.25) is 0 Å². The molecule has 0 aliphatic carbocycles. The number of ether oxygens (including phenoxy) is 2. The molecule has 2 aliphatic heterocycles. The highest BCUT2D eigenvalue weighted by Gasteiger charge is 2.41. The minimum absolute atomic E-state index is 0.119. The first-order chi connectivity index (χ1) is 10.1. The molecule has 21 heavy (non-hydrogen) atoms. The summed E-state index contributed by atoms with van der Waals surface area (Å²) in [5, 5.41) is 9.25. The molecule has 2 heterocycles. The van der Waals surface area contributed by atoms with Gasteiger partial charge in [0.25, 0.3) is 0 Å². The summed E-state index contributed by atoms with van der Waals surface area (Å²) >= 11 is 0. The molecule has 7 heteroatoms. The zero-order valence-corrected chi connectivity index (χ0v) is 12.7. The summed E-state index contributed by atoms with van der Waals surface area (Å²) in [6.45, 7) is 4.14. The number of urea groups is 1. The standard InChI is InChI=1S/C14H24N2O5/c1-3-16(12-9-21-8-11(12)13(17)18)14(19)15(2)10-4-6-20-7-5-10/h10-12H,3-9H2,1-2H3,(H,17,18). The first-order valence-electron chi connectivity index (χ1n) is 7.48. The highest BCUT2D eigenvalue weighted by Crippen LogP contribution is 2.23. The molecule has 0 aromatic rings. The molecule has 2 atom stereocenters. The van der Waals surface area contributed by atoms with Gasteiger partial charge in [0.15, 0.2) is 0 Å². The summed E-state index contributed by atoms with van der Waals surface area (Å²) in [4.78, 5) is 27.3. The fraction of sp³-hybridized carbons (Fsp3) is 0.857. The monoisotopic (exact) mass is 300 g/mol. The van der Waals surface area contributed by atoms with Gasteiger partial charge in [0.1, 0.15) is 5.92 Å². The van der Waals surface area contributed by atoms with Gasteiger partial charge in [0.2, 0.25) is 0 Å². The van der Waals surface area contributed by atoms with Crippen LogP contribution in [0.4, 0.5) is 4.79 Å². The van der Waals surface area contributed by atoms with E-state index in [2.05, 4.69) is 0 Å². The van der Waals surface area contributed by atoms with Crippen LogP contribution in [0.5, 0.6) is 0 Å². The maximum atomic E-state index is 12.7. The largest absolute Gasteiger partial charge is 0.481 e. The fourth-order valence-corrected chi connectivity index (χ4v) is 3.03. The van der Waals surface area contributed by atoms with Crippen LogP contribution >= 0.6 is 0 Å². The predicted molar refractivity (Wildman–Crippen MR) is 75.1 cm³/mol. The Morgan fingerprint density at radius 1 is 1.19 bits per heavy atom. The first kappa shape index (κ1) is 16.0.